The van der Waals surface area contributed by atoms with Crippen LogP contribution in [0.3, 0.4) is 0 Å². The standard InChI is InChI=1S/C18H30O2/c1-5-8-9-15-18(19)20-17(12-7-3)14-10-13-16(4)11-6-2/h6-7,11-13,17H,5,8-10,14-15H2,1-4H3. The molecule has 1 atom stereocenters. The van der Waals surface area contributed by atoms with Crippen molar-refractivity contribution in [3.05, 3.63) is 36.0 Å². The van der Waals surface area contributed by atoms with E-state index < -0.39 is 0 Å². The minimum Gasteiger partial charge on any atom is -0.458 e. The second kappa shape index (κ2) is 12.7. The Balaban J connectivity index is 4.16. The summed E-state index contributed by atoms with van der Waals surface area (Å²) in [5.41, 5.74) is 1.25. The lowest BCUT2D eigenvalue weighted by Gasteiger charge is -2.13. The molecule has 0 heterocycles. The van der Waals surface area contributed by atoms with Crippen LogP contribution in [0.1, 0.15) is 66.2 Å². The fourth-order valence-corrected chi connectivity index (χ4v) is 1.96. The van der Waals surface area contributed by atoms with Crippen LogP contribution in [0.25, 0.3) is 0 Å². The molecule has 1 unspecified atom stereocenters. The molecular weight excluding hydrogens is 248 g/mol. The number of carbonyl (C=O) groups excluding carboxylic acids is 1. The molecule has 0 N–H and O–H groups in total. The molecule has 0 aliphatic heterocycles. The third kappa shape index (κ3) is 10.6. The van der Waals surface area contributed by atoms with Gasteiger partial charge >= 0.3 is 5.97 Å². The number of rotatable bonds is 10. The minimum absolute atomic E-state index is 0.0734. The number of hydrogen-bond acceptors (Lipinski definition) is 2. The van der Waals surface area contributed by atoms with Gasteiger partial charge in [0.25, 0.3) is 0 Å². The van der Waals surface area contributed by atoms with Crippen molar-refractivity contribution in [2.45, 2.75) is 72.3 Å². The summed E-state index contributed by atoms with van der Waals surface area (Å²) < 4.78 is 5.51. The van der Waals surface area contributed by atoms with E-state index in [-0.39, 0.29) is 12.1 Å². The minimum atomic E-state index is -0.0937. The Labute approximate surface area is 124 Å². The Morgan fingerprint density at radius 1 is 1.20 bits per heavy atom. The van der Waals surface area contributed by atoms with Gasteiger partial charge in [0.2, 0.25) is 0 Å². The van der Waals surface area contributed by atoms with Crippen molar-refractivity contribution < 1.29 is 9.53 Å². The van der Waals surface area contributed by atoms with Crippen LogP contribution in [-0.2, 0) is 9.53 Å². The Bertz CT molecular complexity index is 337. The first kappa shape index (κ1) is 18.7. The zero-order valence-corrected chi connectivity index (χ0v) is 13.5. The zero-order valence-electron chi connectivity index (χ0n) is 13.5. The smallest absolute Gasteiger partial charge is 0.306 e. The van der Waals surface area contributed by atoms with Crippen LogP contribution in [0.4, 0.5) is 0 Å². The first-order valence-corrected chi connectivity index (χ1v) is 7.75. The highest BCUT2D eigenvalue weighted by atomic mass is 16.5. The normalized spacial score (nSPS) is 14.1. The molecule has 0 aliphatic rings. The summed E-state index contributed by atoms with van der Waals surface area (Å²) in [6.45, 7) is 8.19. The van der Waals surface area contributed by atoms with Gasteiger partial charge in [-0.25, -0.2) is 0 Å². The van der Waals surface area contributed by atoms with Crippen LogP contribution in [0.15, 0.2) is 36.0 Å². The summed E-state index contributed by atoms with van der Waals surface area (Å²) in [6, 6.07) is 0. The van der Waals surface area contributed by atoms with E-state index in [0.717, 1.165) is 32.1 Å². The first-order valence-electron chi connectivity index (χ1n) is 7.75. The van der Waals surface area contributed by atoms with Gasteiger partial charge in [0, 0.05) is 6.42 Å². The lowest BCUT2D eigenvalue weighted by Crippen LogP contribution is -2.15. The van der Waals surface area contributed by atoms with Crippen LogP contribution in [0.2, 0.25) is 0 Å². The van der Waals surface area contributed by atoms with Crippen LogP contribution < -0.4 is 0 Å². The quantitative estimate of drug-likeness (QED) is 0.233. The molecule has 0 rings (SSSR count). The maximum atomic E-state index is 11.7. The molecule has 0 fully saturated rings. The van der Waals surface area contributed by atoms with E-state index >= 15 is 0 Å². The SMILES string of the molecule is CC=CC(C)=CCCC(C=CC)OC(=O)CCCCC. The van der Waals surface area contributed by atoms with E-state index in [1.54, 1.807) is 0 Å². The topological polar surface area (TPSA) is 26.3 Å². The van der Waals surface area contributed by atoms with Crippen molar-refractivity contribution in [2.24, 2.45) is 0 Å². The predicted octanol–water partition coefficient (Wildman–Crippen LogP) is 5.36. The Morgan fingerprint density at radius 2 is 1.95 bits per heavy atom. The summed E-state index contributed by atoms with van der Waals surface area (Å²) in [7, 11) is 0. The lowest BCUT2D eigenvalue weighted by molar-refractivity contribution is -0.147. The van der Waals surface area contributed by atoms with Crippen molar-refractivity contribution in [3.63, 3.8) is 0 Å². The lowest BCUT2D eigenvalue weighted by atomic mass is 10.1. The summed E-state index contributed by atoms with van der Waals surface area (Å²) in [5.74, 6) is -0.0734. The predicted molar refractivity (Wildman–Crippen MR) is 86.6 cm³/mol. The van der Waals surface area contributed by atoms with Crippen molar-refractivity contribution in [1.82, 2.24) is 0 Å². The number of esters is 1. The Hall–Kier alpha value is -1.31. The monoisotopic (exact) mass is 278 g/mol. The molecule has 2 heteroatoms. The third-order valence-corrected chi connectivity index (χ3v) is 3.02. The fourth-order valence-electron chi connectivity index (χ4n) is 1.96. The summed E-state index contributed by atoms with van der Waals surface area (Å²) >= 11 is 0. The van der Waals surface area contributed by atoms with Crippen molar-refractivity contribution in [3.8, 4) is 0 Å². The van der Waals surface area contributed by atoms with E-state index in [0.29, 0.717) is 6.42 Å². The summed E-state index contributed by atoms with van der Waals surface area (Å²) in [5, 5.41) is 0. The van der Waals surface area contributed by atoms with E-state index in [1.807, 2.05) is 32.1 Å². The van der Waals surface area contributed by atoms with E-state index in [2.05, 4.69) is 26.0 Å². The molecule has 0 bridgehead atoms. The van der Waals surface area contributed by atoms with Crippen molar-refractivity contribution >= 4 is 5.97 Å². The Kier molecular flexibility index (Phi) is 11.9. The number of unbranched alkanes of at least 4 members (excludes halogenated alkanes) is 2. The van der Waals surface area contributed by atoms with E-state index in [4.69, 9.17) is 4.74 Å². The molecule has 114 valence electrons. The molecule has 0 saturated carbocycles. The molecule has 0 spiro atoms. The van der Waals surface area contributed by atoms with Crippen LogP contribution in [-0.4, -0.2) is 12.1 Å². The van der Waals surface area contributed by atoms with Gasteiger partial charge in [-0.1, -0.05) is 49.6 Å². The number of hydrogen-bond donors (Lipinski definition) is 0. The highest BCUT2D eigenvalue weighted by Gasteiger charge is 2.10. The maximum Gasteiger partial charge on any atom is 0.306 e. The molecule has 0 aromatic rings. The van der Waals surface area contributed by atoms with Gasteiger partial charge in [0.05, 0.1) is 0 Å². The molecule has 0 saturated heterocycles. The van der Waals surface area contributed by atoms with Gasteiger partial charge in [-0.15, -0.1) is 0 Å². The second-order valence-corrected chi connectivity index (χ2v) is 5.04. The van der Waals surface area contributed by atoms with Crippen molar-refractivity contribution in [1.29, 1.82) is 0 Å². The van der Waals surface area contributed by atoms with Crippen LogP contribution in [0.5, 0.6) is 0 Å². The maximum absolute atomic E-state index is 11.7. The number of allylic oxidation sites excluding steroid dienone is 5. The molecule has 0 amide bonds. The van der Waals surface area contributed by atoms with Gasteiger partial charge in [-0.05, 0) is 46.1 Å². The number of carbonyl (C=O) groups is 1. The molecule has 0 aliphatic carbocycles. The van der Waals surface area contributed by atoms with E-state index in [9.17, 15) is 4.79 Å². The first-order chi connectivity index (χ1) is 9.63. The van der Waals surface area contributed by atoms with Gasteiger partial charge in [0.15, 0.2) is 0 Å². The average molecular weight is 278 g/mol. The summed E-state index contributed by atoms with van der Waals surface area (Å²) in [6.07, 6.45) is 15.6. The molecule has 0 aromatic heterocycles. The number of ether oxygens (including phenoxy) is 1. The molecular formula is C18H30O2. The molecule has 0 aromatic carbocycles. The van der Waals surface area contributed by atoms with Gasteiger partial charge in [-0.3, -0.25) is 4.79 Å². The third-order valence-electron chi connectivity index (χ3n) is 3.02. The zero-order chi connectivity index (χ0) is 15.2. The summed E-state index contributed by atoms with van der Waals surface area (Å²) in [4.78, 5) is 11.7. The van der Waals surface area contributed by atoms with Gasteiger partial charge in [0.1, 0.15) is 6.10 Å². The molecule has 0 radical (unpaired) electrons. The highest BCUT2D eigenvalue weighted by Crippen LogP contribution is 2.10. The Morgan fingerprint density at radius 3 is 2.55 bits per heavy atom. The highest BCUT2D eigenvalue weighted by molar-refractivity contribution is 5.69. The van der Waals surface area contributed by atoms with Gasteiger partial charge < -0.3 is 4.74 Å². The average Bonchev–Trinajstić information content (AvgIpc) is 2.39. The fraction of sp³-hybridized carbons (Fsp3) is 0.611. The van der Waals surface area contributed by atoms with Gasteiger partial charge in [-0.2, -0.15) is 0 Å². The van der Waals surface area contributed by atoms with Crippen LogP contribution in [0, 0.1) is 0 Å². The molecule has 2 nitrogen and oxygen atoms in total. The largest absolute Gasteiger partial charge is 0.458 e. The van der Waals surface area contributed by atoms with Crippen LogP contribution >= 0.6 is 0 Å². The second-order valence-electron chi connectivity index (χ2n) is 5.04. The van der Waals surface area contributed by atoms with Crippen molar-refractivity contribution in [2.75, 3.05) is 0 Å². The van der Waals surface area contributed by atoms with E-state index in [1.165, 1.54) is 5.57 Å². The molecule has 20 heavy (non-hydrogen) atoms.